The second-order valence-electron chi connectivity index (χ2n) is 4.89. The zero-order valence-electron chi connectivity index (χ0n) is 11.0. The Kier molecular flexibility index (Phi) is 3.18. The maximum atomic E-state index is 12.4. The number of aryl methyl sites for hydroxylation is 1. The molecule has 2 aromatic rings. The first kappa shape index (κ1) is 12.4. The van der Waals surface area contributed by atoms with Gasteiger partial charge in [-0.25, -0.2) is 0 Å². The van der Waals surface area contributed by atoms with Gasteiger partial charge in [0.25, 0.3) is 0 Å². The summed E-state index contributed by atoms with van der Waals surface area (Å²) in [7, 11) is 0. The van der Waals surface area contributed by atoms with Gasteiger partial charge >= 0.3 is 0 Å². The first-order valence-electron chi connectivity index (χ1n) is 6.61. The molecule has 2 heteroatoms. The summed E-state index contributed by atoms with van der Waals surface area (Å²) in [5, 5.41) is 8.78. The minimum Gasteiger partial charge on any atom is -0.289 e. The van der Waals surface area contributed by atoms with Crippen LogP contribution in [-0.4, -0.2) is 5.78 Å². The van der Waals surface area contributed by atoms with Gasteiger partial charge in [-0.15, -0.1) is 0 Å². The van der Waals surface area contributed by atoms with Gasteiger partial charge in [-0.1, -0.05) is 36.4 Å². The topological polar surface area (TPSA) is 40.9 Å². The third-order valence-electron chi connectivity index (χ3n) is 3.60. The number of hydrogen-bond acceptors (Lipinski definition) is 2. The lowest BCUT2D eigenvalue weighted by atomic mass is 9.86. The molecule has 3 rings (SSSR count). The van der Waals surface area contributed by atoms with Gasteiger partial charge in [0, 0.05) is 11.1 Å². The standard InChI is InChI=1S/C18H13NO/c19-12-14-7-5-13(6-8-14)11-16-10-9-15-3-1-2-4-17(15)18(16)20/h1-8,11H,9-10H2/b16-11+. The van der Waals surface area contributed by atoms with Crippen molar-refractivity contribution in [3.05, 3.63) is 76.4 Å². The quantitative estimate of drug-likeness (QED) is 0.731. The summed E-state index contributed by atoms with van der Waals surface area (Å²) in [6.07, 6.45) is 3.61. The van der Waals surface area contributed by atoms with Crippen molar-refractivity contribution in [1.29, 1.82) is 5.26 Å². The van der Waals surface area contributed by atoms with Crippen LogP contribution in [0.2, 0.25) is 0 Å². The zero-order valence-corrected chi connectivity index (χ0v) is 11.0. The molecule has 0 bridgehead atoms. The molecule has 1 aliphatic rings. The minimum absolute atomic E-state index is 0.121. The number of fused-ring (bicyclic) bond motifs is 1. The van der Waals surface area contributed by atoms with Crippen molar-refractivity contribution in [1.82, 2.24) is 0 Å². The summed E-state index contributed by atoms with van der Waals surface area (Å²) in [6.45, 7) is 0. The van der Waals surface area contributed by atoms with Gasteiger partial charge in [-0.05, 0) is 42.2 Å². The van der Waals surface area contributed by atoms with Gasteiger partial charge in [-0.2, -0.15) is 5.26 Å². The summed E-state index contributed by atoms with van der Waals surface area (Å²) < 4.78 is 0. The van der Waals surface area contributed by atoms with Crippen molar-refractivity contribution < 1.29 is 4.79 Å². The number of ketones is 1. The molecule has 0 fully saturated rings. The predicted molar refractivity (Wildman–Crippen MR) is 78.2 cm³/mol. The van der Waals surface area contributed by atoms with Crippen molar-refractivity contribution in [2.75, 3.05) is 0 Å². The van der Waals surface area contributed by atoms with Crippen LogP contribution in [0.15, 0.2) is 54.1 Å². The van der Waals surface area contributed by atoms with Gasteiger partial charge < -0.3 is 0 Å². The highest BCUT2D eigenvalue weighted by atomic mass is 16.1. The number of rotatable bonds is 1. The van der Waals surface area contributed by atoms with Crippen LogP contribution in [0.1, 0.15) is 33.5 Å². The van der Waals surface area contributed by atoms with Gasteiger partial charge in [0.15, 0.2) is 5.78 Å². The van der Waals surface area contributed by atoms with E-state index >= 15 is 0 Å². The number of carbonyl (C=O) groups is 1. The van der Waals surface area contributed by atoms with Gasteiger partial charge in [0.1, 0.15) is 0 Å². The highest BCUT2D eigenvalue weighted by Crippen LogP contribution is 2.26. The van der Waals surface area contributed by atoms with E-state index in [1.165, 1.54) is 0 Å². The number of carbonyl (C=O) groups excluding carboxylic acids is 1. The van der Waals surface area contributed by atoms with Crippen molar-refractivity contribution >= 4 is 11.9 Å². The Bertz CT molecular complexity index is 733. The lowest BCUT2D eigenvalue weighted by Crippen LogP contribution is -2.13. The Hall–Kier alpha value is -2.66. The maximum absolute atomic E-state index is 12.4. The largest absolute Gasteiger partial charge is 0.289 e. The summed E-state index contributed by atoms with van der Waals surface area (Å²) in [6, 6.07) is 17.2. The van der Waals surface area contributed by atoms with Crippen LogP contribution in [0.25, 0.3) is 6.08 Å². The van der Waals surface area contributed by atoms with Crippen LogP contribution in [-0.2, 0) is 6.42 Å². The molecule has 0 spiro atoms. The van der Waals surface area contributed by atoms with E-state index in [0.29, 0.717) is 5.56 Å². The number of hydrogen-bond donors (Lipinski definition) is 0. The van der Waals surface area contributed by atoms with Crippen LogP contribution in [0.3, 0.4) is 0 Å². The molecule has 20 heavy (non-hydrogen) atoms. The predicted octanol–water partition coefficient (Wildman–Crippen LogP) is 3.77. The SMILES string of the molecule is N#Cc1ccc(/C=C2\CCc3ccccc3C2=O)cc1. The fourth-order valence-electron chi connectivity index (χ4n) is 2.51. The van der Waals surface area contributed by atoms with E-state index in [9.17, 15) is 4.79 Å². The van der Waals surface area contributed by atoms with Crippen molar-refractivity contribution in [2.24, 2.45) is 0 Å². The van der Waals surface area contributed by atoms with Crippen molar-refractivity contribution in [3.8, 4) is 6.07 Å². The lowest BCUT2D eigenvalue weighted by Gasteiger charge is -2.17. The summed E-state index contributed by atoms with van der Waals surface area (Å²) in [4.78, 5) is 12.4. The maximum Gasteiger partial charge on any atom is 0.189 e. The molecule has 0 N–H and O–H groups in total. The Balaban J connectivity index is 1.94. The van der Waals surface area contributed by atoms with E-state index in [1.54, 1.807) is 12.1 Å². The summed E-state index contributed by atoms with van der Waals surface area (Å²) >= 11 is 0. The molecule has 0 aliphatic heterocycles. The lowest BCUT2D eigenvalue weighted by molar-refractivity contribution is 0.102. The average molecular weight is 259 g/mol. The second kappa shape index (κ2) is 5.14. The van der Waals surface area contributed by atoms with Crippen molar-refractivity contribution in [3.63, 3.8) is 0 Å². The Labute approximate surface area is 118 Å². The molecule has 0 saturated heterocycles. The summed E-state index contributed by atoms with van der Waals surface area (Å²) in [5.74, 6) is 0.121. The third-order valence-corrected chi connectivity index (χ3v) is 3.60. The van der Waals surface area contributed by atoms with Gasteiger partial charge in [0.2, 0.25) is 0 Å². The number of nitriles is 1. The molecule has 0 radical (unpaired) electrons. The van der Waals surface area contributed by atoms with E-state index in [0.717, 1.165) is 35.1 Å². The van der Waals surface area contributed by atoms with Gasteiger partial charge in [-0.3, -0.25) is 4.79 Å². The van der Waals surface area contributed by atoms with Crippen LogP contribution in [0, 0.1) is 11.3 Å². The fourth-order valence-corrected chi connectivity index (χ4v) is 2.51. The van der Waals surface area contributed by atoms with Crippen LogP contribution < -0.4 is 0 Å². The first-order chi connectivity index (χ1) is 9.78. The Morgan fingerprint density at radius 2 is 1.75 bits per heavy atom. The van der Waals surface area contributed by atoms with E-state index in [4.69, 9.17) is 5.26 Å². The van der Waals surface area contributed by atoms with E-state index in [2.05, 4.69) is 6.07 Å². The molecule has 1 aliphatic carbocycles. The monoisotopic (exact) mass is 259 g/mol. The molecule has 0 heterocycles. The van der Waals surface area contributed by atoms with E-state index < -0.39 is 0 Å². The number of benzene rings is 2. The second-order valence-corrected chi connectivity index (χ2v) is 4.89. The minimum atomic E-state index is 0.121. The molecule has 0 atom stereocenters. The molecule has 96 valence electrons. The third kappa shape index (κ3) is 2.26. The Morgan fingerprint density at radius 1 is 1.00 bits per heavy atom. The molecule has 0 unspecified atom stereocenters. The molecule has 0 aromatic heterocycles. The summed E-state index contributed by atoms with van der Waals surface area (Å²) in [5.41, 5.74) is 4.39. The molecular formula is C18H13NO. The number of nitrogens with zero attached hydrogens (tertiary/aromatic N) is 1. The Morgan fingerprint density at radius 3 is 2.50 bits per heavy atom. The van der Waals surface area contributed by atoms with Crippen LogP contribution >= 0.6 is 0 Å². The number of allylic oxidation sites excluding steroid dienone is 1. The highest BCUT2D eigenvalue weighted by molar-refractivity contribution is 6.13. The van der Waals surface area contributed by atoms with Gasteiger partial charge in [0.05, 0.1) is 11.6 Å². The van der Waals surface area contributed by atoms with Crippen LogP contribution in [0.5, 0.6) is 0 Å². The molecule has 0 saturated carbocycles. The molecule has 2 nitrogen and oxygen atoms in total. The van der Waals surface area contributed by atoms with E-state index in [1.807, 2.05) is 42.5 Å². The molecule has 0 amide bonds. The molecule has 2 aromatic carbocycles. The average Bonchev–Trinajstić information content (AvgIpc) is 2.51. The van der Waals surface area contributed by atoms with E-state index in [-0.39, 0.29) is 5.78 Å². The normalized spacial score (nSPS) is 15.8. The van der Waals surface area contributed by atoms with Crippen LogP contribution in [0.4, 0.5) is 0 Å². The fraction of sp³-hybridized carbons (Fsp3) is 0.111. The number of Topliss-reactive ketones (excluding diaryl/α,β-unsaturated/α-hetero) is 1. The zero-order chi connectivity index (χ0) is 13.9. The smallest absolute Gasteiger partial charge is 0.189 e. The highest BCUT2D eigenvalue weighted by Gasteiger charge is 2.20. The first-order valence-corrected chi connectivity index (χ1v) is 6.61. The van der Waals surface area contributed by atoms with Crippen molar-refractivity contribution in [2.45, 2.75) is 12.8 Å². The molecular weight excluding hydrogens is 246 g/mol.